The number of furan rings is 1. The molecule has 1 amide bonds. The lowest BCUT2D eigenvalue weighted by Crippen LogP contribution is -2.35. The molecular weight excluding hydrogens is 302 g/mol. The van der Waals surface area contributed by atoms with E-state index in [1.807, 2.05) is 13.8 Å². The minimum Gasteiger partial charge on any atom is -0.481 e. The van der Waals surface area contributed by atoms with Gasteiger partial charge >= 0.3 is 5.97 Å². The zero-order chi connectivity index (χ0) is 13.7. The van der Waals surface area contributed by atoms with E-state index < -0.39 is 5.97 Å². The fourth-order valence-corrected chi connectivity index (χ4v) is 1.89. The zero-order valence-corrected chi connectivity index (χ0v) is 11.9. The second kappa shape index (κ2) is 6.58. The first-order chi connectivity index (χ1) is 8.40. The van der Waals surface area contributed by atoms with E-state index in [1.54, 1.807) is 6.07 Å². The van der Waals surface area contributed by atoms with Crippen LogP contribution in [0.1, 0.15) is 30.6 Å². The standard InChI is InChI=1S/C12H16BrNO4/c1-8(2)6-14(4-3-11(15)16)12(17)9-5-10(13)18-7-9/h5,7-8H,3-4,6H2,1-2H3,(H,15,16). The smallest absolute Gasteiger partial charge is 0.305 e. The molecule has 0 aliphatic rings. The third-order valence-electron chi connectivity index (χ3n) is 2.28. The fraction of sp³-hybridized carbons (Fsp3) is 0.500. The minimum absolute atomic E-state index is 0.0581. The molecule has 1 aromatic heterocycles. The van der Waals surface area contributed by atoms with Gasteiger partial charge in [-0.3, -0.25) is 9.59 Å². The Hall–Kier alpha value is -1.30. The van der Waals surface area contributed by atoms with Crippen molar-refractivity contribution in [3.05, 3.63) is 22.6 Å². The number of carboxylic acids is 1. The third kappa shape index (κ3) is 4.52. The van der Waals surface area contributed by atoms with E-state index >= 15 is 0 Å². The number of rotatable bonds is 6. The van der Waals surface area contributed by atoms with Crippen LogP contribution in [0.5, 0.6) is 0 Å². The predicted octanol–water partition coefficient (Wildman–Crippen LogP) is 2.62. The molecule has 0 aliphatic heterocycles. The van der Waals surface area contributed by atoms with Gasteiger partial charge in [0.2, 0.25) is 0 Å². The van der Waals surface area contributed by atoms with Gasteiger partial charge in [0, 0.05) is 19.2 Å². The molecule has 6 heteroatoms. The molecule has 1 rings (SSSR count). The lowest BCUT2D eigenvalue weighted by atomic mass is 10.2. The molecule has 0 aliphatic carbocycles. The van der Waals surface area contributed by atoms with Crippen LogP contribution < -0.4 is 0 Å². The summed E-state index contributed by atoms with van der Waals surface area (Å²) in [6, 6.07) is 1.58. The van der Waals surface area contributed by atoms with Gasteiger partial charge in [-0.05, 0) is 21.8 Å². The molecule has 1 heterocycles. The van der Waals surface area contributed by atoms with E-state index in [-0.39, 0.29) is 24.8 Å². The van der Waals surface area contributed by atoms with Crippen LogP contribution >= 0.6 is 15.9 Å². The number of amides is 1. The Balaban J connectivity index is 2.75. The molecular formula is C12H16BrNO4. The summed E-state index contributed by atoms with van der Waals surface area (Å²) in [6.07, 6.45) is 1.30. The average Bonchev–Trinajstić information content (AvgIpc) is 2.69. The second-order valence-corrected chi connectivity index (χ2v) is 5.21. The number of nitrogens with zero attached hydrogens (tertiary/aromatic N) is 1. The van der Waals surface area contributed by atoms with Crippen molar-refractivity contribution in [3.63, 3.8) is 0 Å². The van der Waals surface area contributed by atoms with Crippen molar-refractivity contribution in [3.8, 4) is 0 Å². The maximum absolute atomic E-state index is 12.2. The Bertz CT molecular complexity index is 427. The molecule has 1 N–H and O–H groups in total. The SMILES string of the molecule is CC(C)CN(CCC(=O)O)C(=O)c1coc(Br)c1. The molecule has 0 fully saturated rings. The molecule has 0 unspecified atom stereocenters. The number of hydrogen-bond acceptors (Lipinski definition) is 3. The van der Waals surface area contributed by atoms with Crippen molar-refractivity contribution in [2.75, 3.05) is 13.1 Å². The molecule has 0 bridgehead atoms. The Morgan fingerprint density at radius 1 is 1.50 bits per heavy atom. The maximum atomic E-state index is 12.2. The zero-order valence-electron chi connectivity index (χ0n) is 10.4. The van der Waals surface area contributed by atoms with Gasteiger partial charge in [0.05, 0.1) is 12.0 Å². The van der Waals surface area contributed by atoms with Gasteiger partial charge in [0.15, 0.2) is 4.67 Å². The van der Waals surface area contributed by atoms with Gasteiger partial charge in [0.1, 0.15) is 6.26 Å². The summed E-state index contributed by atoms with van der Waals surface area (Å²) >= 11 is 3.13. The monoisotopic (exact) mass is 317 g/mol. The van der Waals surface area contributed by atoms with E-state index in [9.17, 15) is 9.59 Å². The van der Waals surface area contributed by atoms with E-state index in [4.69, 9.17) is 9.52 Å². The van der Waals surface area contributed by atoms with E-state index in [1.165, 1.54) is 11.2 Å². The van der Waals surface area contributed by atoms with E-state index in [0.717, 1.165) is 0 Å². The van der Waals surface area contributed by atoms with Crippen LogP contribution in [0, 0.1) is 5.92 Å². The predicted molar refractivity (Wildman–Crippen MR) is 69.4 cm³/mol. The molecule has 5 nitrogen and oxygen atoms in total. The first kappa shape index (κ1) is 14.8. The number of carboxylic acid groups (broad SMARTS) is 1. The van der Waals surface area contributed by atoms with Crippen molar-refractivity contribution in [1.82, 2.24) is 4.90 Å². The summed E-state index contributed by atoms with van der Waals surface area (Å²) in [5.74, 6) is -0.845. The number of halogens is 1. The normalized spacial score (nSPS) is 10.7. The highest BCUT2D eigenvalue weighted by Gasteiger charge is 2.19. The van der Waals surface area contributed by atoms with Crippen LogP contribution in [0.3, 0.4) is 0 Å². The number of carbonyl (C=O) groups is 2. The summed E-state index contributed by atoms with van der Waals surface area (Å²) in [4.78, 5) is 24.3. The Labute approximate surface area is 114 Å². The van der Waals surface area contributed by atoms with Crippen LogP contribution in [0.4, 0.5) is 0 Å². The Morgan fingerprint density at radius 3 is 2.61 bits per heavy atom. The van der Waals surface area contributed by atoms with Gasteiger partial charge in [-0.2, -0.15) is 0 Å². The second-order valence-electron chi connectivity index (χ2n) is 4.43. The van der Waals surface area contributed by atoms with Crippen molar-refractivity contribution in [2.24, 2.45) is 5.92 Å². The van der Waals surface area contributed by atoms with Gasteiger partial charge in [-0.1, -0.05) is 13.8 Å². The number of carbonyl (C=O) groups excluding carboxylic acids is 1. The first-order valence-corrected chi connectivity index (χ1v) is 6.44. The molecule has 1 aromatic rings. The highest BCUT2D eigenvalue weighted by Crippen LogP contribution is 2.16. The third-order valence-corrected chi connectivity index (χ3v) is 2.70. The quantitative estimate of drug-likeness (QED) is 0.875. The highest BCUT2D eigenvalue weighted by atomic mass is 79.9. The summed E-state index contributed by atoms with van der Waals surface area (Å²) in [6.45, 7) is 4.68. The number of aliphatic carboxylic acids is 1. The van der Waals surface area contributed by atoms with Crippen LogP contribution in [-0.2, 0) is 4.79 Å². The van der Waals surface area contributed by atoms with Crippen molar-refractivity contribution < 1.29 is 19.1 Å². The van der Waals surface area contributed by atoms with Crippen LogP contribution in [0.25, 0.3) is 0 Å². The molecule has 100 valence electrons. The molecule has 18 heavy (non-hydrogen) atoms. The van der Waals surface area contributed by atoms with Crippen LogP contribution in [-0.4, -0.2) is 35.0 Å². The first-order valence-electron chi connectivity index (χ1n) is 5.65. The van der Waals surface area contributed by atoms with E-state index in [2.05, 4.69) is 15.9 Å². The molecule has 0 aromatic carbocycles. The summed E-state index contributed by atoms with van der Waals surface area (Å²) in [7, 11) is 0. The topological polar surface area (TPSA) is 70.8 Å². The van der Waals surface area contributed by atoms with Gasteiger partial charge in [-0.25, -0.2) is 0 Å². The molecule has 0 saturated carbocycles. The Morgan fingerprint density at radius 2 is 2.17 bits per heavy atom. The average molecular weight is 318 g/mol. The molecule has 0 spiro atoms. The number of hydrogen-bond donors (Lipinski definition) is 1. The highest BCUT2D eigenvalue weighted by molar-refractivity contribution is 9.10. The summed E-state index contributed by atoms with van der Waals surface area (Å²) in [5, 5.41) is 8.69. The summed E-state index contributed by atoms with van der Waals surface area (Å²) in [5.41, 5.74) is 0.424. The van der Waals surface area contributed by atoms with Gasteiger partial charge in [-0.15, -0.1) is 0 Å². The van der Waals surface area contributed by atoms with Gasteiger partial charge < -0.3 is 14.4 Å². The largest absolute Gasteiger partial charge is 0.481 e. The molecule has 0 radical (unpaired) electrons. The van der Waals surface area contributed by atoms with Crippen molar-refractivity contribution in [2.45, 2.75) is 20.3 Å². The van der Waals surface area contributed by atoms with Gasteiger partial charge in [0.25, 0.3) is 5.91 Å². The summed E-state index contributed by atoms with van der Waals surface area (Å²) < 4.78 is 5.50. The van der Waals surface area contributed by atoms with Crippen LogP contribution in [0.2, 0.25) is 0 Å². The minimum atomic E-state index is -0.912. The lowest BCUT2D eigenvalue weighted by molar-refractivity contribution is -0.137. The maximum Gasteiger partial charge on any atom is 0.305 e. The molecule has 0 atom stereocenters. The lowest BCUT2D eigenvalue weighted by Gasteiger charge is -2.23. The van der Waals surface area contributed by atoms with E-state index in [0.29, 0.717) is 16.8 Å². The Kier molecular flexibility index (Phi) is 5.40. The van der Waals surface area contributed by atoms with Crippen LogP contribution in [0.15, 0.2) is 21.4 Å². The molecule has 0 saturated heterocycles. The fourth-order valence-electron chi connectivity index (χ4n) is 1.55. The van der Waals surface area contributed by atoms with Crippen molar-refractivity contribution >= 4 is 27.8 Å². The van der Waals surface area contributed by atoms with Crippen molar-refractivity contribution in [1.29, 1.82) is 0 Å².